The van der Waals surface area contributed by atoms with Crippen molar-refractivity contribution in [2.24, 2.45) is 0 Å². The first kappa shape index (κ1) is 15.5. The first-order valence-corrected chi connectivity index (χ1v) is 6.27. The third kappa shape index (κ3) is 2.90. The summed E-state index contributed by atoms with van der Waals surface area (Å²) >= 11 is 0. The summed E-state index contributed by atoms with van der Waals surface area (Å²) in [5.74, 6) is -2.27. The highest BCUT2D eigenvalue weighted by atomic mass is 19.1. The molecule has 0 aliphatic rings. The van der Waals surface area contributed by atoms with Gasteiger partial charge in [-0.2, -0.15) is 0 Å². The van der Waals surface area contributed by atoms with Crippen LogP contribution in [0.5, 0.6) is 5.75 Å². The summed E-state index contributed by atoms with van der Waals surface area (Å²) in [7, 11) is 2.56. The van der Waals surface area contributed by atoms with E-state index in [-0.39, 0.29) is 11.1 Å². The highest BCUT2D eigenvalue weighted by molar-refractivity contribution is 5.92. The van der Waals surface area contributed by atoms with Crippen LogP contribution in [0.2, 0.25) is 0 Å². The van der Waals surface area contributed by atoms with Gasteiger partial charge in [0.25, 0.3) is 0 Å². The lowest BCUT2D eigenvalue weighted by molar-refractivity contribution is 0.0594. The van der Waals surface area contributed by atoms with Crippen molar-refractivity contribution in [3.05, 3.63) is 53.3 Å². The Hall–Kier alpha value is -2.89. The molecular weight excluding hydrogens is 291 g/mol. The third-order valence-electron chi connectivity index (χ3n) is 3.13. The van der Waals surface area contributed by atoms with Crippen LogP contribution in [-0.2, 0) is 4.74 Å². The molecule has 2 rings (SSSR count). The number of carboxylic acids is 1. The zero-order valence-electron chi connectivity index (χ0n) is 11.9. The molecule has 114 valence electrons. The van der Waals surface area contributed by atoms with Gasteiger partial charge in [0.05, 0.1) is 25.3 Å². The Bertz CT molecular complexity index is 739. The molecule has 0 atom stereocenters. The SMILES string of the molecule is COC(=O)c1cc(-c2ccc(C(=O)O)cc2OC)ccc1F. The second-order valence-corrected chi connectivity index (χ2v) is 4.41. The maximum atomic E-state index is 13.7. The van der Waals surface area contributed by atoms with Crippen molar-refractivity contribution in [1.82, 2.24) is 0 Å². The van der Waals surface area contributed by atoms with E-state index in [0.717, 1.165) is 13.2 Å². The highest BCUT2D eigenvalue weighted by Crippen LogP contribution is 2.32. The van der Waals surface area contributed by atoms with E-state index in [4.69, 9.17) is 9.84 Å². The summed E-state index contributed by atoms with van der Waals surface area (Å²) in [6, 6.07) is 8.25. The number of carboxylic acid groups (broad SMARTS) is 1. The van der Waals surface area contributed by atoms with Gasteiger partial charge in [-0.25, -0.2) is 14.0 Å². The summed E-state index contributed by atoms with van der Waals surface area (Å²) in [4.78, 5) is 22.5. The molecule has 0 heterocycles. The predicted molar refractivity (Wildman–Crippen MR) is 76.7 cm³/mol. The van der Waals surface area contributed by atoms with Crippen molar-refractivity contribution in [1.29, 1.82) is 0 Å². The van der Waals surface area contributed by atoms with Crippen LogP contribution >= 0.6 is 0 Å². The maximum absolute atomic E-state index is 13.7. The molecule has 5 nitrogen and oxygen atoms in total. The number of carbonyl (C=O) groups is 2. The molecule has 0 bridgehead atoms. The second-order valence-electron chi connectivity index (χ2n) is 4.41. The molecule has 0 amide bonds. The summed E-state index contributed by atoms with van der Waals surface area (Å²) in [6.07, 6.45) is 0. The minimum absolute atomic E-state index is 0.0657. The van der Waals surface area contributed by atoms with E-state index < -0.39 is 17.8 Å². The quantitative estimate of drug-likeness (QED) is 0.879. The van der Waals surface area contributed by atoms with Crippen LogP contribution in [0.25, 0.3) is 11.1 Å². The Kier molecular flexibility index (Phi) is 4.41. The van der Waals surface area contributed by atoms with Crippen LogP contribution in [0.15, 0.2) is 36.4 Å². The van der Waals surface area contributed by atoms with Crippen molar-refractivity contribution in [3.63, 3.8) is 0 Å². The Morgan fingerprint density at radius 3 is 2.41 bits per heavy atom. The standard InChI is InChI=1S/C16H13FO5/c1-21-14-8-10(15(18)19)3-5-11(14)9-4-6-13(17)12(7-9)16(20)22-2/h3-8H,1-2H3,(H,18,19). The molecular formula is C16H13FO5. The lowest BCUT2D eigenvalue weighted by Gasteiger charge is -2.11. The van der Waals surface area contributed by atoms with Crippen molar-refractivity contribution in [2.75, 3.05) is 14.2 Å². The number of benzene rings is 2. The van der Waals surface area contributed by atoms with E-state index in [1.807, 2.05) is 0 Å². The lowest BCUT2D eigenvalue weighted by atomic mass is 10.00. The molecule has 2 aromatic rings. The molecule has 1 N–H and O–H groups in total. The van der Waals surface area contributed by atoms with Gasteiger partial charge in [0, 0.05) is 5.56 Å². The molecule has 0 saturated carbocycles. The van der Waals surface area contributed by atoms with Crippen LogP contribution in [0, 0.1) is 5.82 Å². The van der Waals surface area contributed by atoms with Gasteiger partial charge in [0.2, 0.25) is 0 Å². The topological polar surface area (TPSA) is 72.8 Å². The average molecular weight is 304 g/mol. The first-order valence-electron chi connectivity index (χ1n) is 6.27. The molecule has 0 spiro atoms. The molecule has 2 aromatic carbocycles. The van der Waals surface area contributed by atoms with Crippen molar-refractivity contribution >= 4 is 11.9 Å². The van der Waals surface area contributed by atoms with Crippen molar-refractivity contribution in [3.8, 4) is 16.9 Å². The number of ether oxygens (including phenoxy) is 2. The largest absolute Gasteiger partial charge is 0.496 e. The fourth-order valence-corrected chi connectivity index (χ4v) is 2.02. The van der Waals surface area contributed by atoms with Crippen LogP contribution < -0.4 is 4.74 Å². The average Bonchev–Trinajstić information content (AvgIpc) is 2.54. The minimum atomic E-state index is -1.08. The van der Waals surface area contributed by atoms with Crippen LogP contribution in [0.1, 0.15) is 20.7 Å². The Balaban J connectivity index is 2.56. The predicted octanol–water partition coefficient (Wildman–Crippen LogP) is 2.99. The van der Waals surface area contributed by atoms with E-state index in [0.29, 0.717) is 16.9 Å². The van der Waals surface area contributed by atoms with E-state index in [1.54, 1.807) is 0 Å². The normalized spacial score (nSPS) is 10.1. The number of esters is 1. The van der Waals surface area contributed by atoms with Gasteiger partial charge in [0.15, 0.2) is 0 Å². The number of carbonyl (C=O) groups excluding carboxylic acids is 1. The monoisotopic (exact) mass is 304 g/mol. The Morgan fingerprint density at radius 2 is 1.82 bits per heavy atom. The lowest BCUT2D eigenvalue weighted by Crippen LogP contribution is -2.05. The second kappa shape index (κ2) is 6.26. The highest BCUT2D eigenvalue weighted by Gasteiger charge is 2.16. The molecule has 0 unspecified atom stereocenters. The summed E-state index contributed by atoms with van der Waals surface area (Å²) < 4.78 is 23.4. The zero-order valence-corrected chi connectivity index (χ0v) is 11.9. The summed E-state index contributed by atoms with van der Waals surface area (Å²) in [5.41, 5.74) is 0.911. The molecule has 6 heteroatoms. The molecule has 22 heavy (non-hydrogen) atoms. The van der Waals surface area contributed by atoms with Crippen LogP contribution in [-0.4, -0.2) is 31.3 Å². The molecule has 0 aromatic heterocycles. The fraction of sp³-hybridized carbons (Fsp3) is 0.125. The molecule has 0 saturated heterocycles. The molecule has 0 radical (unpaired) electrons. The van der Waals surface area contributed by atoms with Gasteiger partial charge in [-0.1, -0.05) is 6.07 Å². The van der Waals surface area contributed by atoms with Crippen LogP contribution in [0.4, 0.5) is 4.39 Å². The number of hydrogen-bond acceptors (Lipinski definition) is 4. The first-order chi connectivity index (χ1) is 10.5. The van der Waals surface area contributed by atoms with Crippen molar-refractivity contribution in [2.45, 2.75) is 0 Å². The number of rotatable bonds is 4. The maximum Gasteiger partial charge on any atom is 0.340 e. The van der Waals surface area contributed by atoms with Gasteiger partial charge in [-0.05, 0) is 35.9 Å². The zero-order chi connectivity index (χ0) is 16.3. The van der Waals surface area contributed by atoms with Crippen molar-refractivity contribution < 1.29 is 28.6 Å². The van der Waals surface area contributed by atoms with Gasteiger partial charge in [-0.15, -0.1) is 0 Å². The van der Waals surface area contributed by atoms with E-state index in [9.17, 15) is 14.0 Å². The third-order valence-corrected chi connectivity index (χ3v) is 3.13. The molecule has 0 fully saturated rings. The summed E-state index contributed by atoms with van der Waals surface area (Å²) in [5, 5.41) is 8.99. The van der Waals surface area contributed by atoms with E-state index >= 15 is 0 Å². The smallest absolute Gasteiger partial charge is 0.340 e. The number of aromatic carboxylic acids is 1. The van der Waals surface area contributed by atoms with Gasteiger partial charge < -0.3 is 14.6 Å². The van der Waals surface area contributed by atoms with Gasteiger partial charge >= 0.3 is 11.9 Å². The van der Waals surface area contributed by atoms with Crippen LogP contribution in [0.3, 0.4) is 0 Å². The number of hydrogen-bond donors (Lipinski definition) is 1. The Morgan fingerprint density at radius 1 is 1.09 bits per heavy atom. The Labute approximate surface area is 125 Å². The van der Waals surface area contributed by atoms with E-state index in [1.165, 1.54) is 37.4 Å². The van der Waals surface area contributed by atoms with Gasteiger partial charge in [0.1, 0.15) is 11.6 Å². The minimum Gasteiger partial charge on any atom is -0.496 e. The molecule has 0 aliphatic heterocycles. The van der Waals surface area contributed by atoms with E-state index in [2.05, 4.69) is 4.74 Å². The number of halogens is 1. The molecule has 0 aliphatic carbocycles. The van der Waals surface area contributed by atoms with Gasteiger partial charge in [-0.3, -0.25) is 0 Å². The summed E-state index contributed by atoms with van der Waals surface area (Å²) in [6.45, 7) is 0. The number of methoxy groups -OCH3 is 2. The fourth-order valence-electron chi connectivity index (χ4n) is 2.02.